The third kappa shape index (κ3) is 4.50. The van der Waals surface area contributed by atoms with Crippen LogP contribution >= 0.6 is 0 Å². The Morgan fingerprint density at radius 2 is 1.41 bits per heavy atom. The number of carbonyl (C=O) groups is 1. The number of nitrogens with zero attached hydrogens (tertiary/aromatic N) is 3. The number of hydrogen-bond donors (Lipinski definition) is 1. The van der Waals surface area contributed by atoms with Gasteiger partial charge in [0, 0.05) is 13.1 Å². The van der Waals surface area contributed by atoms with E-state index >= 15 is 0 Å². The van der Waals surface area contributed by atoms with Crippen molar-refractivity contribution in [1.82, 2.24) is 10.2 Å². The van der Waals surface area contributed by atoms with Gasteiger partial charge in [-0.05, 0) is 37.1 Å². The van der Waals surface area contributed by atoms with E-state index in [2.05, 4.69) is 34.3 Å². The summed E-state index contributed by atoms with van der Waals surface area (Å²) in [6.45, 7) is 5.87. The fourth-order valence-corrected chi connectivity index (χ4v) is 3.09. The van der Waals surface area contributed by atoms with Gasteiger partial charge in [-0.15, -0.1) is 10.2 Å². The van der Waals surface area contributed by atoms with Gasteiger partial charge in [0.15, 0.2) is 11.6 Å². The predicted octanol–water partition coefficient (Wildman–Crippen LogP) is 4.09. The van der Waals surface area contributed by atoms with Gasteiger partial charge in [0.1, 0.15) is 0 Å². The maximum Gasteiger partial charge on any atom is 0.237 e. The SMILES string of the molecule is CCN(CC)c1ccc(NC(=O)C(c2ccccc2)c2ccccc2)nn1. The fourth-order valence-electron chi connectivity index (χ4n) is 3.09. The number of aromatic nitrogens is 2. The van der Waals surface area contributed by atoms with Crippen LogP contribution in [0.25, 0.3) is 0 Å². The van der Waals surface area contributed by atoms with Crippen LogP contribution in [-0.2, 0) is 4.79 Å². The molecule has 0 saturated heterocycles. The molecule has 27 heavy (non-hydrogen) atoms. The summed E-state index contributed by atoms with van der Waals surface area (Å²) in [5, 5.41) is 11.3. The number of carbonyl (C=O) groups excluding carboxylic acids is 1. The van der Waals surface area contributed by atoms with Gasteiger partial charge in [-0.2, -0.15) is 0 Å². The molecule has 5 heteroatoms. The lowest BCUT2D eigenvalue weighted by molar-refractivity contribution is -0.116. The first-order valence-corrected chi connectivity index (χ1v) is 9.22. The fraction of sp³-hybridized carbons (Fsp3) is 0.227. The summed E-state index contributed by atoms with van der Waals surface area (Å²) < 4.78 is 0. The molecule has 1 aromatic heterocycles. The molecule has 2 aromatic carbocycles. The molecule has 0 aliphatic heterocycles. The van der Waals surface area contributed by atoms with E-state index < -0.39 is 5.92 Å². The molecule has 0 aliphatic rings. The molecule has 0 aliphatic carbocycles. The average molecular weight is 360 g/mol. The topological polar surface area (TPSA) is 58.1 Å². The Morgan fingerprint density at radius 3 is 1.85 bits per heavy atom. The minimum Gasteiger partial charge on any atom is -0.356 e. The summed E-state index contributed by atoms with van der Waals surface area (Å²) in [6.07, 6.45) is 0. The van der Waals surface area contributed by atoms with Gasteiger partial charge in [-0.3, -0.25) is 4.79 Å². The number of anilines is 2. The quantitative estimate of drug-likeness (QED) is 0.689. The third-order valence-electron chi connectivity index (χ3n) is 4.52. The zero-order chi connectivity index (χ0) is 19.1. The minimum atomic E-state index is -0.406. The minimum absolute atomic E-state index is 0.128. The van der Waals surface area contributed by atoms with Crippen LogP contribution in [0.3, 0.4) is 0 Å². The number of rotatable bonds is 7. The molecule has 0 unspecified atom stereocenters. The molecule has 0 radical (unpaired) electrons. The Labute approximate surface area is 160 Å². The molecule has 0 saturated carbocycles. The number of hydrogen-bond acceptors (Lipinski definition) is 4. The first-order chi connectivity index (χ1) is 13.2. The Bertz CT molecular complexity index is 807. The summed E-state index contributed by atoms with van der Waals surface area (Å²) in [7, 11) is 0. The van der Waals surface area contributed by atoms with E-state index in [0.717, 1.165) is 30.0 Å². The van der Waals surface area contributed by atoms with Gasteiger partial charge < -0.3 is 10.2 Å². The molecule has 1 heterocycles. The maximum atomic E-state index is 13.1. The molecule has 5 nitrogen and oxygen atoms in total. The van der Waals surface area contributed by atoms with E-state index in [0.29, 0.717) is 5.82 Å². The second-order valence-electron chi connectivity index (χ2n) is 6.19. The van der Waals surface area contributed by atoms with Crippen molar-refractivity contribution in [2.75, 3.05) is 23.3 Å². The molecule has 0 spiro atoms. The standard InChI is InChI=1S/C22H24N4O/c1-3-26(4-2)20-16-15-19(24-25-20)23-22(27)21(17-11-7-5-8-12-17)18-13-9-6-10-14-18/h5-16,21H,3-4H2,1-2H3,(H,23,24,27). The normalized spacial score (nSPS) is 10.6. The Balaban J connectivity index is 1.83. The maximum absolute atomic E-state index is 13.1. The molecular weight excluding hydrogens is 336 g/mol. The van der Waals surface area contributed by atoms with Crippen molar-refractivity contribution in [2.45, 2.75) is 19.8 Å². The molecule has 3 rings (SSSR count). The Hall–Kier alpha value is -3.21. The monoisotopic (exact) mass is 360 g/mol. The van der Waals surface area contributed by atoms with Crippen molar-refractivity contribution >= 4 is 17.5 Å². The highest BCUT2D eigenvalue weighted by molar-refractivity contribution is 5.97. The molecule has 1 amide bonds. The van der Waals surface area contributed by atoms with Crippen LogP contribution in [0.4, 0.5) is 11.6 Å². The first-order valence-electron chi connectivity index (χ1n) is 9.22. The van der Waals surface area contributed by atoms with E-state index in [9.17, 15) is 4.79 Å². The zero-order valence-electron chi connectivity index (χ0n) is 15.7. The van der Waals surface area contributed by atoms with Crippen LogP contribution in [0.1, 0.15) is 30.9 Å². The summed E-state index contributed by atoms with van der Waals surface area (Å²) >= 11 is 0. The van der Waals surface area contributed by atoms with Gasteiger partial charge in [-0.25, -0.2) is 0 Å². The molecule has 138 valence electrons. The summed E-state index contributed by atoms with van der Waals surface area (Å²) in [4.78, 5) is 15.2. The first kappa shape index (κ1) is 18.6. The van der Waals surface area contributed by atoms with Crippen LogP contribution in [0.2, 0.25) is 0 Å². The number of nitrogens with one attached hydrogen (secondary N) is 1. The Kier molecular flexibility index (Phi) is 6.15. The number of amides is 1. The van der Waals surface area contributed by atoms with E-state index in [1.165, 1.54) is 0 Å². The van der Waals surface area contributed by atoms with Gasteiger partial charge in [-0.1, -0.05) is 60.7 Å². The smallest absolute Gasteiger partial charge is 0.237 e. The van der Waals surface area contributed by atoms with Crippen LogP contribution < -0.4 is 10.2 Å². The van der Waals surface area contributed by atoms with E-state index in [1.54, 1.807) is 6.07 Å². The van der Waals surface area contributed by atoms with Crippen LogP contribution in [0.15, 0.2) is 72.8 Å². The van der Waals surface area contributed by atoms with Crippen molar-refractivity contribution < 1.29 is 4.79 Å². The van der Waals surface area contributed by atoms with Crippen molar-refractivity contribution in [3.05, 3.63) is 83.9 Å². The van der Waals surface area contributed by atoms with Crippen molar-refractivity contribution in [3.63, 3.8) is 0 Å². The summed E-state index contributed by atoms with van der Waals surface area (Å²) in [6, 6.07) is 23.2. The lowest BCUT2D eigenvalue weighted by atomic mass is 9.90. The van der Waals surface area contributed by atoms with Gasteiger partial charge in [0.05, 0.1) is 5.92 Å². The highest BCUT2D eigenvalue weighted by atomic mass is 16.2. The average Bonchev–Trinajstić information content (AvgIpc) is 2.72. The van der Waals surface area contributed by atoms with Crippen molar-refractivity contribution in [1.29, 1.82) is 0 Å². The van der Waals surface area contributed by atoms with Gasteiger partial charge in [0.2, 0.25) is 5.91 Å². The van der Waals surface area contributed by atoms with Gasteiger partial charge in [0.25, 0.3) is 0 Å². The highest BCUT2D eigenvalue weighted by Gasteiger charge is 2.23. The lowest BCUT2D eigenvalue weighted by Gasteiger charge is -2.20. The second-order valence-corrected chi connectivity index (χ2v) is 6.19. The zero-order valence-corrected chi connectivity index (χ0v) is 15.7. The van der Waals surface area contributed by atoms with E-state index in [4.69, 9.17) is 0 Å². The van der Waals surface area contributed by atoms with Crippen LogP contribution in [0.5, 0.6) is 0 Å². The number of benzene rings is 2. The molecule has 0 atom stereocenters. The molecular formula is C22H24N4O. The molecule has 3 aromatic rings. The lowest BCUT2D eigenvalue weighted by Crippen LogP contribution is -2.25. The van der Waals surface area contributed by atoms with Crippen LogP contribution in [-0.4, -0.2) is 29.2 Å². The van der Waals surface area contributed by atoms with E-state index in [-0.39, 0.29) is 5.91 Å². The molecule has 1 N–H and O–H groups in total. The summed E-state index contributed by atoms with van der Waals surface area (Å²) in [5.74, 6) is 0.724. The Morgan fingerprint density at radius 1 is 0.852 bits per heavy atom. The summed E-state index contributed by atoms with van der Waals surface area (Å²) in [5.41, 5.74) is 1.88. The van der Waals surface area contributed by atoms with Crippen molar-refractivity contribution in [3.8, 4) is 0 Å². The highest BCUT2D eigenvalue weighted by Crippen LogP contribution is 2.26. The molecule has 0 bridgehead atoms. The molecule has 0 fully saturated rings. The van der Waals surface area contributed by atoms with Crippen molar-refractivity contribution in [2.24, 2.45) is 0 Å². The van der Waals surface area contributed by atoms with Crippen LogP contribution in [0, 0.1) is 0 Å². The van der Waals surface area contributed by atoms with Gasteiger partial charge >= 0.3 is 0 Å². The second kappa shape index (κ2) is 8.94. The predicted molar refractivity (Wildman–Crippen MR) is 109 cm³/mol. The van der Waals surface area contributed by atoms with E-state index in [1.807, 2.05) is 66.7 Å². The largest absolute Gasteiger partial charge is 0.356 e. The third-order valence-corrected chi connectivity index (χ3v) is 4.52.